The first-order chi connectivity index (χ1) is 3.47. The number of hydrogen-bond acceptors (Lipinski definition) is 0. The minimum Gasteiger partial charge on any atom is -0.0879 e. The molecule has 0 aromatic heterocycles. The highest BCUT2D eigenvalue weighted by Crippen LogP contribution is 2.47. The molecule has 0 bridgehead atoms. The third-order valence-corrected chi connectivity index (χ3v) is 1.86. The van der Waals surface area contributed by atoms with Gasteiger partial charge in [0.05, 0.1) is 0 Å². The van der Waals surface area contributed by atoms with Gasteiger partial charge in [-0.1, -0.05) is 12.2 Å². The van der Waals surface area contributed by atoms with E-state index in [1.165, 1.54) is 19.3 Å². The van der Waals surface area contributed by atoms with Crippen molar-refractivity contribution in [2.24, 2.45) is 5.92 Å². The maximum atomic E-state index is 2.30. The van der Waals surface area contributed by atoms with Gasteiger partial charge < -0.3 is 0 Å². The Labute approximate surface area is 44.2 Å². The summed E-state index contributed by atoms with van der Waals surface area (Å²) in [7, 11) is 0. The van der Waals surface area contributed by atoms with E-state index >= 15 is 0 Å². The second-order valence-corrected chi connectivity index (χ2v) is 2.46. The molecule has 7 heavy (non-hydrogen) atoms. The first kappa shape index (κ1) is 3.71. The van der Waals surface area contributed by atoms with Crippen molar-refractivity contribution in [2.75, 3.05) is 0 Å². The largest absolute Gasteiger partial charge is 0.0879 e. The van der Waals surface area contributed by atoms with Crippen molar-refractivity contribution < 1.29 is 0 Å². The van der Waals surface area contributed by atoms with E-state index in [4.69, 9.17) is 0 Å². The minimum absolute atomic E-state index is 1.03. The first-order valence-electron chi connectivity index (χ1n) is 2.99. The van der Waals surface area contributed by atoms with Crippen molar-refractivity contribution in [3.8, 4) is 0 Å². The van der Waals surface area contributed by atoms with Gasteiger partial charge in [-0.15, -0.1) is 0 Å². The fourth-order valence-electron chi connectivity index (χ4n) is 1.25. The van der Waals surface area contributed by atoms with Crippen LogP contribution in [0, 0.1) is 11.8 Å². The minimum atomic E-state index is 1.03. The number of allylic oxidation sites excluding steroid dienone is 2. The van der Waals surface area contributed by atoms with E-state index in [1.807, 2.05) is 0 Å². The van der Waals surface area contributed by atoms with Gasteiger partial charge in [0.15, 0.2) is 0 Å². The van der Waals surface area contributed by atoms with E-state index in [-0.39, 0.29) is 0 Å². The van der Waals surface area contributed by atoms with E-state index in [1.54, 1.807) is 5.92 Å². The molecule has 0 saturated heterocycles. The van der Waals surface area contributed by atoms with E-state index < -0.39 is 0 Å². The summed E-state index contributed by atoms with van der Waals surface area (Å²) in [5, 5.41) is 0. The highest BCUT2D eigenvalue weighted by Gasteiger charge is 2.36. The van der Waals surface area contributed by atoms with Gasteiger partial charge in [0.1, 0.15) is 0 Å². The fraction of sp³-hybridized carbons (Fsp3) is 0.571. The SMILES string of the molecule is C1=C[C]2CC2CC1. The Morgan fingerprint density at radius 2 is 2.57 bits per heavy atom. The summed E-state index contributed by atoms with van der Waals surface area (Å²) in [6.45, 7) is 0. The maximum Gasteiger partial charge on any atom is 0.000704 e. The molecule has 0 amide bonds. The third kappa shape index (κ3) is 0.495. The van der Waals surface area contributed by atoms with Crippen LogP contribution >= 0.6 is 0 Å². The molecule has 0 N–H and O–H groups in total. The van der Waals surface area contributed by atoms with Crippen molar-refractivity contribution in [2.45, 2.75) is 19.3 Å². The fourth-order valence-corrected chi connectivity index (χ4v) is 1.25. The average molecular weight is 93.1 g/mol. The second kappa shape index (κ2) is 1.12. The summed E-state index contributed by atoms with van der Waals surface area (Å²) in [6.07, 6.45) is 8.77. The molecule has 0 aliphatic heterocycles. The monoisotopic (exact) mass is 93.1 g/mol. The average Bonchev–Trinajstić information content (AvgIpc) is 2.41. The van der Waals surface area contributed by atoms with Crippen LogP contribution in [0.25, 0.3) is 0 Å². The predicted molar refractivity (Wildman–Crippen MR) is 29.7 cm³/mol. The van der Waals surface area contributed by atoms with Gasteiger partial charge in [-0.05, 0) is 25.2 Å². The Morgan fingerprint density at radius 1 is 1.57 bits per heavy atom. The van der Waals surface area contributed by atoms with Crippen molar-refractivity contribution in [3.05, 3.63) is 18.1 Å². The summed E-state index contributed by atoms with van der Waals surface area (Å²) in [6, 6.07) is 0. The van der Waals surface area contributed by atoms with E-state index in [2.05, 4.69) is 12.2 Å². The summed E-state index contributed by atoms with van der Waals surface area (Å²) in [4.78, 5) is 0. The van der Waals surface area contributed by atoms with E-state index in [0.29, 0.717) is 0 Å². The lowest BCUT2D eigenvalue weighted by molar-refractivity contribution is 0.740. The maximum absolute atomic E-state index is 2.30. The Bertz CT molecular complexity index is 103. The quantitative estimate of drug-likeness (QED) is 0.429. The van der Waals surface area contributed by atoms with Gasteiger partial charge in [0.25, 0.3) is 0 Å². The topological polar surface area (TPSA) is 0 Å². The van der Waals surface area contributed by atoms with E-state index in [9.17, 15) is 0 Å². The number of rotatable bonds is 0. The number of hydrogen-bond donors (Lipinski definition) is 0. The molecule has 0 aromatic carbocycles. The Morgan fingerprint density at radius 3 is 3.14 bits per heavy atom. The van der Waals surface area contributed by atoms with Crippen LogP contribution in [0.3, 0.4) is 0 Å². The van der Waals surface area contributed by atoms with Gasteiger partial charge in [0.2, 0.25) is 0 Å². The zero-order valence-corrected chi connectivity index (χ0v) is 4.35. The van der Waals surface area contributed by atoms with Crippen molar-refractivity contribution >= 4 is 0 Å². The van der Waals surface area contributed by atoms with Crippen LogP contribution in [0.5, 0.6) is 0 Å². The molecule has 2 rings (SSSR count). The Balaban J connectivity index is 2.14. The third-order valence-electron chi connectivity index (χ3n) is 1.86. The lowest BCUT2D eigenvalue weighted by Gasteiger charge is -1.96. The van der Waals surface area contributed by atoms with Crippen LogP contribution in [0.15, 0.2) is 12.2 Å². The van der Waals surface area contributed by atoms with Crippen LogP contribution < -0.4 is 0 Å². The molecule has 2 aliphatic rings. The van der Waals surface area contributed by atoms with Crippen LogP contribution in [-0.2, 0) is 0 Å². The standard InChI is InChI=1S/C7H9/c1-2-4-7-5-6(7)3-1/h1,3,7H,2,4-5H2. The Kier molecular flexibility index (Phi) is 0.592. The van der Waals surface area contributed by atoms with Crippen molar-refractivity contribution in [1.82, 2.24) is 0 Å². The molecule has 0 aromatic rings. The molecule has 1 atom stereocenters. The summed E-state index contributed by atoms with van der Waals surface area (Å²) >= 11 is 0. The van der Waals surface area contributed by atoms with Gasteiger partial charge in [-0.25, -0.2) is 0 Å². The Hall–Kier alpha value is -0.260. The molecule has 0 nitrogen and oxygen atoms in total. The van der Waals surface area contributed by atoms with Gasteiger partial charge >= 0.3 is 0 Å². The first-order valence-corrected chi connectivity index (χ1v) is 2.99. The lowest BCUT2D eigenvalue weighted by Crippen LogP contribution is -1.82. The van der Waals surface area contributed by atoms with Crippen LogP contribution in [0.4, 0.5) is 0 Å². The molecule has 1 saturated carbocycles. The van der Waals surface area contributed by atoms with Gasteiger partial charge in [-0.3, -0.25) is 0 Å². The lowest BCUT2D eigenvalue weighted by atomic mass is 10.1. The smallest absolute Gasteiger partial charge is 0.000704 e. The molecule has 2 aliphatic carbocycles. The summed E-state index contributed by atoms with van der Waals surface area (Å²) in [5.41, 5.74) is 0. The zero-order chi connectivity index (χ0) is 4.69. The summed E-state index contributed by atoms with van der Waals surface area (Å²) < 4.78 is 0. The second-order valence-electron chi connectivity index (χ2n) is 2.46. The van der Waals surface area contributed by atoms with Crippen LogP contribution in [0.2, 0.25) is 0 Å². The van der Waals surface area contributed by atoms with Crippen LogP contribution in [-0.4, -0.2) is 0 Å². The van der Waals surface area contributed by atoms with E-state index in [0.717, 1.165) is 5.92 Å². The molecule has 1 radical (unpaired) electrons. The normalized spacial score (nSPS) is 38.0. The molecular formula is C7H9. The molecule has 0 heterocycles. The van der Waals surface area contributed by atoms with Gasteiger partial charge in [0, 0.05) is 5.92 Å². The molecule has 0 spiro atoms. The van der Waals surface area contributed by atoms with Crippen molar-refractivity contribution in [3.63, 3.8) is 0 Å². The predicted octanol–water partition coefficient (Wildman–Crippen LogP) is 1.93. The number of fused-ring (bicyclic) bond motifs is 1. The molecule has 1 unspecified atom stereocenters. The summed E-state index contributed by atoms with van der Waals surface area (Å²) in [5.74, 6) is 2.73. The molecular weight excluding hydrogens is 84.1 g/mol. The molecule has 37 valence electrons. The van der Waals surface area contributed by atoms with Crippen LogP contribution in [0.1, 0.15) is 19.3 Å². The molecule has 0 heteroatoms. The zero-order valence-electron chi connectivity index (χ0n) is 4.35. The highest BCUT2D eigenvalue weighted by atomic mass is 14.4. The van der Waals surface area contributed by atoms with Gasteiger partial charge in [-0.2, -0.15) is 0 Å². The molecule has 1 fully saturated rings. The van der Waals surface area contributed by atoms with Crippen molar-refractivity contribution in [1.29, 1.82) is 0 Å². The highest BCUT2D eigenvalue weighted by molar-refractivity contribution is 5.29.